The van der Waals surface area contributed by atoms with E-state index in [0.717, 1.165) is 17.1 Å². The van der Waals surface area contributed by atoms with Crippen LogP contribution in [0.1, 0.15) is 43.9 Å². The first kappa shape index (κ1) is 14.9. The number of rotatable bonds is 4. The Hall–Kier alpha value is -1.51. The molecule has 0 aliphatic rings. The fraction of sp³-hybridized carbons (Fsp3) is 0.294. The van der Waals surface area contributed by atoms with Crippen molar-refractivity contribution in [1.82, 2.24) is 0 Å². The largest absolute Gasteiger partial charge is 0.457 e. The third-order valence-corrected chi connectivity index (χ3v) is 3.55. The van der Waals surface area contributed by atoms with Gasteiger partial charge in [-0.2, -0.15) is 0 Å². The second kappa shape index (κ2) is 6.29. The van der Waals surface area contributed by atoms with Gasteiger partial charge in [-0.05, 0) is 48.2 Å². The summed E-state index contributed by atoms with van der Waals surface area (Å²) in [4.78, 5) is 0. The third kappa shape index (κ3) is 3.53. The molecule has 0 saturated heterocycles. The van der Waals surface area contributed by atoms with Crippen LogP contribution in [0.3, 0.4) is 0 Å². The molecule has 2 aromatic rings. The van der Waals surface area contributed by atoms with Crippen molar-refractivity contribution in [3.63, 3.8) is 0 Å². The Morgan fingerprint density at radius 3 is 2.30 bits per heavy atom. The van der Waals surface area contributed by atoms with E-state index in [1.807, 2.05) is 37.3 Å². The second-order valence-electron chi connectivity index (χ2n) is 5.30. The van der Waals surface area contributed by atoms with Crippen LogP contribution >= 0.6 is 11.6 Å². The average molecular weight is 290 g/mol. The zero-order valence-electron chi connectivity index (χ0n) is 12.1. The Bertz CT molecular complexity index is 593. The van der Waals surface area contributed by atoms with Crippen LogP contribution in [0.4, 0.5) is 0 Å². The lowest BCUT2D eigenvalue weighted by Crippen LogP contribution is -2.05. The Kier molecular flexibility index (Phi) is 4.69. The smallest absolute Gasteiger partial charge is 0.128 e. The topological polar surface area (TPSA) is 35.2 Å². The first-order valence-electron chi connectivity index (χ1n) is 6.80. The van der Waals surface area contributed by atoms with Gasteiger partial charge in [0, 0.05) is 11.1 Å². The quantitative estimate of drug-likeness (QED) is 0.831. The van der Waals surface area contributed by atoms with E-state index in [-0.39, 0.29) is 6.04 Å². The molecule has 106 valence electrons. The zero-order valence-corrected chi connectivity index (χ0v) is 12.8. The predicted octanol–water partition coefficient (Wildman–Crippen LogP) is 5.28. The van der Waals surface area contributed by atoms with Gasteiger partial charge in [-0.25, -0.2) is 0 Å². The molecule has 0 bridgehead atoms. The standard InChI is InChI=1S/C17H20ClNO/c1-11(2)13-5-4-6-14(9-13)20-15-7-8-16(12(3)19)17(18)10-15/h4-12H,19H2,1-3H3. The molecule has 0 spiro atoms. The van der Waals surface area contributed by atoms with Crippen LogP contribution in [0.15, 0.2) is 42.5 Å². The van der Waals surface area contributed by atoms with Crippen LogP contribution in [0.2, 0.25) is 5.02 Å². The number of benzene rings is 2. The fourth-order valence-electron chi connectivity index (χ4n) is 2.01. The van der Waals surface area contributed by atoms with Gasteiger partial charge in [0.15, 0.2) is 0 Å². The SMILES string of the molecule is CC(C)c1cccc(Oc2ccc(C(C)N)c(Cl)c2)c1. The highest BCUT2D eigenvalue weighted by Crippen LogP contribution is 2.30. The van der Waals surface area contributed by atoms with Gasteiger partial charge in [0.05, 0.1) is 0 Å². The number of hydrogen-bond donors (Lipinski definition) is 1. The van der Waals surface area contributed by atoms with E-state index in [1.165, 1.54) is 5.56 Å². The maximum atomic E-state index is 6.21. The van der Waals surface area contributed by atoms with Crippen LogP contribution in [-0.4, -0.2) is 0 Å². The molecule has 0 fully saturated rings. The summed E-state index contributed by atoms with van der Waals surface area (Å²) in [6, 6.07) is 13.6. The Morgan fingerprint density at radius 1 is 1.00 bits per heavy atom. The highest BCUT2D eigenvalue weighted by Gasteiger charge is 2.08. The predicted molar refractivity (Wildman–Crippen MR) is 84.7 cm³/mol. The van der Waals surface area contributed by atoms with Crippen molar-refractivity contribution in [1.29, 1.82) is 0 Å². The summed E-state index contributed by atoms with van der Waals surface area (Å²) in [5.41, 5.74) is 8.02. The van der Waals surface area contributed by atoms with Gasteiger partial charge in [0.2, 0.25) is 0 Å². The van der Waals surface area contributed by atoms with E-state index >= 15 is 0 Å². The first-order chi connectivity index (χ1) is 9.47. The Morgan fingerprint density at radius 2 is 1.70 bits per heavy atom. The Balaban J connectivity index is 2.22. The normalized spacial score (nSPS) is 12.5. The van der Waals surface area contributed by atoms with E-state index < -0.39 is 0 Å². The number of halogens is 1. The van der Waals surface area contributed by atoms with Gasteiger partial charge < -0.3 is 10.5 Å². The van der Waals surface area contributed by atoms with Crippen molar-refractivity contribution in [3.8, 4) is 11.5 Å². The third-order valence-electron chi connectivity index (χ3n) is 3.22. The minimum Gasteiger partial charge on any atom is -0.457 e. The molecule has 0 aromatic heterocycles. The van der Waals surface area contributed by atoms with E-state index in [4.69, 9.17) is 22.1 Å². The second-order valence-corrected chi connectivity index (χ2v) is 5.71. The van der Waals surface area contributed by atoms with Crippen LogP contribution in [-0.2, 0) is 0 Å². The highest BCUT2D eigenvalue weighted by atomic mass is 35.5. The maximum Gasteiger partial charge on any atom is 0.128 e. The summed E-state index contributed by atoms with van der Waals surface area (Å²) in [6.45, 7) is 6.23. The molecule has 2 rings (SSSR count). The fourth-order valence-corrected chi connectivity index (χ4v) is 2.36. The summed E-state index contributed by atoms with van der Waals surface area (Å²) in [7, 11) is 0. The van der Waals surface area contributed by atoms with Crippen LogP contribution in [0.5, 0.6) is 11.5 Å². The van der Waals surface area contributed by atoms with Gasteiger partial charge >= 0.3 is 0 Å². The molecular weight excluding hydrogens is 270 g/mol. The van der Waals surface area contributed by atoms with E-state index in [9.17, 15) is 0 Å². The molecule has 1 unspecified atom stereocenters. The van der Waals surface area contributed by atoms with E-state index in [0.29, 0.717) is 10.9 Å². The highest BCUT2D eigenvalue weighted by molar-refractivity contribution is 6.31. The van der Waals surface area contributed by atoms with Gasteiger partial charge in [0.25, 0.3) is 0 Å². The van der Waals surface area contributed by atoms with Crippen molar-refractivity contribution in [2.24, 2.45) is 5.73 Å². The van der Waals surface area contributed by atoms with E-state index in [2.05, 4.69) is 26.0 Å². The van der Waals surface area contributed by atoms with Crippen molar-refractivity contribution < 1.29 is 4.74 Å². The molecule has 3 heteroatoms. The number of ether oxygens (including phenoxy) is 1. The average Bonchev–Trinajstić information content (AvgIpc) is 2.38. The lowest BCUT2D eigenvalue weighted by atomic mass is 10.0. The molecular formula is C17H20ClNO. The molecule has 0 saturated carbocycles. The van der Waals surface area contributed by atoms with Crippen molar-refractivity contribution in [2.45, 2.75) is 32.7 Å². The summed E-state index contributed by atoms with van der Waals surface area (Å²) < 4.78 is 5.86. The van der Waals surface area contributed by atoms with Crippen LogP contribution in [0.25, 0.3) is 0 Å². The zero-order chi connectivity index (χ0) is 14.7. The van der Waals surface area contributed by atoms with Crippen LogP contribution in [0, 0.1) is 0 Å². The molecule has 2 N–H and O–H groups in total. The molecule has 0 heterocycles. The summed E-state index contributed by atoms with van der Waals surface area (Å²) in [5.74, 6) is 2.02. The van der Waals surface area contributed by atoms with Crippen LogP contribution < -0.4 is 10.5 Å². The molecule has 0 aliphatic carbocycles. The molecule has 0 aliphatic heterocycles. The molecule has 20 heavy (non-hydrogen) atoms. The minimum atomic E-state index is -0.0826. The van der Waals surface area contributed by atoms with Crippen molar-refractivity contribution >= 4 is 11.6 Å². The van der Waals surface area contributed by atoms with Gasteiger partial charge in [0.1, 0.15) is 11.5 Å². The Labute approximate surface area is 125 Å². The monoisotopic (exact) mass is 289 g/mol. The summed E-state index contributed by atoms with van der Waals surface area (Å²) in [6.07, 6.45) is 0. The van der Waals surface area contributed by atoms with Gasteiger partial charge in [-0.1, -0.05) is 43.6 Å². The molecule has 0 radical (unpaired) electrons. The molecule has 0 amide bonds. The van der Waals surface area contributed by atoms with Crippen molar-refractivity contribution in [2.75, 3.05) is 0 Å². The maximum absolute atomic E-state index is 6.21. The van der Waals surface area contributed by atoms with Crippen molar-refractivity contribution in [3.05, 3.63) is 58.6 Å². The minimum absolute atomic E-state index is 0.0826. The first-order valence-corrected chi connectivity index (χ1v) is 7.18. The van der Waals surface area contributed by atoms with Gasteiger partial charge in [-0.15, -0.1) is 0 Å². The van der Waals surface area contributed by atoms with Gasteiger partial charge in [-0.3, -0.25) is 0 Å². The lowest BCUT2D eigenvalue weighted by molar-refractivity contribution is 0.481. The number of nitrogens with two attached hydrogens (primary N) is 1. The summed E-state index contributed by atoms with van der Waals surface area (Å²) >= 11 is 6.21. The molecule has 1 atom stereocenters. The van der Waals surface area contributed by atoms with E-state index in [1.54, 1.807) is 0 Å². The molecule has 2 aromatic carbocycles. The number of hydrogen-bond acceptors (Lipinski definition) is 2. The summed E-state index contributed by atoms with van der Waals surface area (Å²) in [5, 5.41) is 0.637. The lowest BCUT2D eigenvalue weighted by Gasteiger charge is -2.12. The molecule has 2 nitrogen and oxygen atoms in total.